The maximum absolute atomic E-state index is 13.0. The van der Waals surface area contributed by atoms with Gasteiger partial charge in [-0.2, -0.15) is 5.10 Å². The van der Waals surface area contributed by atoms with E-state index in [-0.39, 0.29) is 11.3 Å². The van der Waals surface area contributed by atoms with E-state index in [0.717, 1.165) is 60.1 Å². The van der Waals surface area contributed by atoms with Crippen LogP contribution in [0.15, 0.2) is 54.6 Å². The zero-order valence-corrected chi connectivity index (χ0v) is 23.2. The molecule has 0 aliphatic carbocycles. The van der Waals surface area contributed by atoms with Crippen molar-refractivity contribution in [2.24, 2.45) is 5.41 Å². The van der Waals surface area contributed by atoms with Gasteiger partial charge in [0.15, 0.2) is 5.65 Å². The van der Waals surface area contributed by atoms with Gasteiger partial charge in [-0.15, -0.1) is 0 Å². The number of para-hydroxylation sites is 1. The number of benzene rings is 2. The third-order valence-corrected chi connectivity index (χ3v) is 7.04. The molecule has 198 valence electrons. The summed E-state index contributed by atoms with van der Waals surface area (Å²) in [6.45, 7) is 13.5. The molecule has 0 unspecified atom stereocenters. The molecule has 0 spiro atoms. The Balaban J connectivity index is 1.54. The maximum atomic E-state index is 13.0. The highest BCUT2D eigenvalue weighted by atomic mass is 16.2. The van der Waals surface area contributed by atoms with Crippen molar-refractivity contribution in [3.63, 3.8) is 0 Å². The first-order chi connectivity index (χ1) is 18.2. The Hall–Kier alpha value is -3.74. The van der Waals surface area contributed by atoms with E-state index in [4.69, 9.17) is 15.1 Å². The van der Waals surface area contributed by atoms with Crippen molar-refractivity contribution in [3.05, 3.63) is 77.2 Å². The fraction of sp³-hybridized carbons (Fsp3) is 0.419. The van der Waals surface area contributed by atoms with Crippen LogP contribution in [-0.4, -0.2) is 56.7 Å². The highest BCUT2D eigenvalue weighted by Gasteiger charge is 2.26. The third kappa shape index (κ3) is 5.72. The molecule has 38 heavy (non-hydrogen) atoms. The lowest BCUT2D eigenvalue weighted by Crippen LogP contribution is -2.37. The van der Waals surface area contributed by atoms with Gasteiger partial charge in [-0.3, -0.25) is 4.79 Å². The van der Waals surface area contributed by atoms with Crippen LogP contribution in [0, 0.1) is 19.3 Å². The van der Waals surface area contributed by atoms with Crippen LogP contribution in [0.2, 0.25) is 0 Å². The SMILES string of the molecule is Cc1ccc(Cc2nc(N3CCCN(C(=O)CC(C)(C)C)CC3)c3c(C)nn(-c4ccccc4)c3n2)cc1. The predicted molar refractivity (Wildman–Crippen MR) is 153 cm³/mol. The van der Waals surface area contributed by atoms with Gasteiger partial charge in [0.05, 0.1) is 16.8 Å². The van der Waals surface area contributed by atoms with Gasteiger partial charge < -0.3 is 9.80 Å². The normalized spacial score (nSPS) is 14.7. The van der Waals surface area contributed by atoms with E-state index in [1.807, 2.05) is 34.7 Å². The van der Waals surface area contributed by atoms with Gasteiger partial charge in [-0.25, -0.2) is 14.6 Å². The van der Waals surface area contributed by atoms with Crippen LogP contribution < -0.4 is 4.90 Å². The molecule has 2 aromatic heterocycles. The number of nitrogens with zero attached hydrogens (tertiary/aromatic N) is 6. The number of anilines is 1. The summed E-state index contributed by atoms with van der Waals surface area (Å²) in [4.78, 5) is 27.5. The second-order valence-corrected chi connectivity index (χ2v) is 11.6. The lowest BCUT2D eigenvalue weighted by atomic mass is 9.91. The highest BCUT2D eigenvalue weighted by molar-refractivity contribution is 5.91. The molecule has 7 nitrogen and oxygen atoms in total. The van der Waals surface area contributed by atoms with Crippen LogP contribution >= 0.6 is 0 Å². The van der Waals surface area contributed by atoms with E-state index in [1.54, 1.807) is 0 Å². The number of hydrogen-bond donors (Lipinski definition) is 0. The summed E-state index contributed by atoms with van der Waals surface area (Å²) >= 11 is 0. The lowest BCUT2D eigenvalue weighted by molar-refractivity contribution is -0.132. The van der Waals surface area contributed by atoms with E-state index < -0.39 is 0 Å². The Labute approximate surface area is 225 Å². The molecule has 0 N–H and O–H groups in total. The van der Waals surface area contributed by atoms with Crippen molar-refractivity contribution in [2.45, 2.75) is 53.9 Å². The van der Waals surface area contributed by atoms with E-state index in [9.17, 15) is 4.79 Å². The summed E-state index contributed by atoms with van der Waals surface area (Å²) in [6.07, 6.45) is 2.11. The molecule has 2 aromatic carbocycles. The predicted octanol–water partition coefficient (Wildman–Crippen LogP) is 5.50. The average Bonchev–Trinajstić information content (AvgIpc) is 3.04. The molecule has 7 heteroatoms. The van der Waals surface area contributed by atoms with Crippen LogP contribution in [0.3, 0.4) is 0 Å². The summed E-state index contributed by atoms with van der Waals surface area (Å²) in [5.74, 6) is 1.93. The summed E-state index contributed by atoms with van der Waals surface area (Å²) in [6, 6.07) is 18.7. The van der Waals surface area contributed by atoms with Gasteiger partial charge in [0.25, 0.3) is 0 Å². The Kier molecular flexibility index (Phi) is 7.19. The van der Waals surface area contributed by atoms with Crippen LogP contribution in [0.4, 0.5) is 5.82 Å². The van der Waals surface area contributed by atoms with Crippen molar-refractivity contribution in [1.29, 1.82) is 0 Å². The Morgan fingerprint density at radius 1 is 0.895 bits per heavy atom. The minimum Gasteiger partial charge on any atom is -0.354 e. The number of rotatable bonds is 5. The third-order valence-electron chi connectivity index (χ3n) is 7.04. The van der Waals surface area contributed by atoms with Crippen molar-refractivity contribution in [1.82, 2.24) is 24.6 Å². The molecule has 1 amide bonds. The monoisotopic (exact) mass is 510 g/mol. The highest BCUT2D eigenvalue weighted by Crippen LogP contribution is 2.30. The van der Waals surface area contributed by atoms with Crippen molar-refractivity contribution >= 4 is 22.8 Å². The van der Waals surface area contributed by atoms with E-state index in [2.05, 4.69) is 69.0 Å². The fourth-order valence-corrected chi connectivity index (χ4v) is 5.10. The molecule has 1 aliphatic heterocycles. The number of aromatic nitrogens is 4. The standard InChI is InChI=1S/C31H38N6O/c1-22-12-14-24(15-13-22)20-26-32-29(36-17-9-16-35(18-19-36)27(38)21-31(3,4)5)28-23(2)34-37(30(28)33-26)25-10-7-6-8-11-25/h6-8,10-15H,9,16-21H2,1-5H3. The number of carbonyl (C=O) groups excluding carboxylic acids is 1. The quantitative estimate of drug-likeness (QED) is 0.355. The first-order valence-corrected chi connectivity index (χ1v) is 13.6. The smallest absolute Gasteiger partial charge is 0.223 e. The summed E-state index contributed by atoms with van der Waals surface area (Å²) < 4.78 is 1.94. The van der Waals surface area contributed by atoms with Crippen LogP contribution in [0.5, 0.6) is 0 Å². The topological polar surface area (TPSA) is 67.2 Å². The van der Waals surface area contributed by atoms with Gasteiger partial charge in [-0.1, -0.05) is 68.8 Å². The van der Waals surface area contributed by atoms with E-state index in [0.29, 0.717) is 19.4 Å². The number of carbonyl (C=O) groups is 1. The zero-order valence-electron chi connectivity index (χ0n) is 23.2. The Bertz CT molecular complexity index is 1420. The van der Waals surface area contributed by atoms with Crippen LogP contribution in [-0.2, 0) is 11.2 Å². The van der Waals surface area contributed by atoms with Gasteiger partial charge >= 0.3 is 0 Å². The molecule has 0 radical (unpaired) electrons. The molecule has 4 aromatic rings. The van der Waals surface area contributed by atoms with Gasteiger partial charge in [-0.05, 0) is 43.4 Å². The fourth-order valence-electron chi connectivity index (χ4n) is 5.10. The molecule has 1 saturated heterocycles. The second-order valence-electron chi connectivity index (χ2n) is 11.6. The Morgan fingerprint density at radius 2 is 1.63 bits per heavy atom. The average molecular weight is 511 g/mol. The zero-order chi connectivity index (χ0) is 26.9. The molecule has 0 atom stereocenters. The minimum atomic E-state index is -0.0180. The van der Waals surface area contributed by atoms with E-state index >= 15 is 0 Å². The number of aryl methyl sites for hydroxylation is 2. The molecule has 1 fully saturated rings. The van der Waals surface area contributed by atoms with Crippen LogP contribution in [0.1, 0.15) is 56.3 Å². The van der Waals surface area contributed by atoms with Crippen molar-refractivity contribution in [2.75, 3.05) is 31.1 Å². The largest absolute Gasteiger partial charge is 0.354 e. The lowest BCUT2D eigenvalue weighted by Gasteiger charge is -2.26. The maximum Gasteiger partial charge on any atom is 0.223 e. The molecule has 5 rings (SSSR count). The summed E-state index contributed by atoms with van der Waals surface area (Å²) in [5, 5.41) is 5.89. The Morgan fingerprint density at radius 3 is 2.34 bits per heavy atom. The first kappa shape index (κ1) is 25.9. The number of fused-ring (bicyclic) bond motifs is 1. The molecule has 3 heterocycles. The summed E-state index contributed by atoms with van der Waals surface area (Å²) in [7, 11) is 0. The minimum absolute atomic E-state index is 0.0180. The molecular weight excluding hydrogens is 472 g/mol. The van der Waals surface area contributed by atoms with Gasteiger partial charge in [0.1, 0.15) is 11.6 Å². The molecule has 1 aliphatic rings. The first-order valence-electron chi connectivity index (χ1n) is 13.6. The second kappa shape index (κ2) is 10.6. The van der Waals surface area contributed by atoms with Crippen LogP contribution in [0.25, 0.3) is 16.7 Å². The van der Waals surface area contributed by atoms with Crippen molar-refractivity contribution < 1.29 is 4.79 Å². The number of hydrogen-bond acceptors (Lipinski definition) is 5. The van der Waals surface area contributed by atoms with Gasteiger partial charge in [0.2, 0.25) is 5.91 Å². The number of amides is 1. The summed E-state index contributed by atoms with van der Waals surface area (Å²) in [5.41, 5.74) is 5.11. The van der Waals surface area contributed by atoms with E-state index in [1.165, 1.54) is 11.1 Å². The molecule has 0 bridgehead atoms. The van der Waals surface area contributed by atoms with Crippen molar-refractivity contribution in [3.8, 4) is 5.69 Å². The molecular formula is C31H38N6O. The van der Waals surface area contributed by atoms with Gasteiger partial charge in [0, 0.05) is 39.0 Å². The molecule has 0 saturated carbocycles.